The number of hydrogen-bond acceptors (Lipinski definition) is 9. The quantitative estimate of drug-likeness (QED) is 0.248. The predicted molar refractivity (Wildman–Crippen MR) is 167 cm³/mol. The standard InChI is InChI=1S/C32H31F2N5O6S/c1-6-21(42)37-13-18-14-46(44,45)30-24-29(25(33)23(26(30)34)22-19(40)8-7-9-20(22)41)39(28-16(4)10-11-35-27(28)15(2)3)32(43)36-31(24)38(18)12-17(37)5/h6-11,15,17-18,40-41H,1,12-14H2,2-5H3. The van der Waals surface area contributed by atoms with Crippen molar-refractivity contribution in [3.8, 4) is 28.3 Å². The number of benzene rings is 2. The number of fused-ring (bicyclic) bond motifs is 2. The molecule has 2 N–H and O–H groups in total. The minimum Gasteiger partial charge on any atom is -0.507 e. The highest BCUT2D eigenvalue weighted by Crippen LogP contribution is 2.48. The first-order chi connectivity index (χ1) is 21.7. The maximum absolute atomic E-state index is 17.2. The van der Waals surface area contributed by atoms with Gasteiger partial charge in [0, 0.05) is 25.3 Å². The Kier molecular flexibility index (Phi) is 7.38. The first-order valence-electron chi connectivity index (χ1n) is 14.6. The van der Waals surface area contributed by atoms with Gasteiger partial charge in [0.25, 0.3) is 0 Å². The van der Waals surface area contributed by atoms with Crippen LogP contribution in [0.15, 0.2) is 52.8 Å². The molecule has 2 atom stereocenters. The molecule has 2 aromatic carbocycles. The zero-order chi connectivity index (χ0) is 33.4. The van der Waals surface area contributed by atoms with Crippen LogP contribution in [0.25, 0.3) is 27.7 Å². The second kappa shape index (κ2) is 10.9. The molecule has 2 aliphatic heterocycles. The Labute approximate surface area is 263 Å². The van der Waals surface area contributed by atoms with E-state index in [2.05, 4.69) is 16.5 Å². The third kappa shape index (κ3) is 4.53. The summed E-state index contributed by atoms with van der Waals surface area (Å²) in [4.78, 5) is 37.5. The fourth-order valence-corrected chi connectivity index (χ4v) is 8.39. The number of aryl methyl sites for hydroxylation is 1. The molecule has 4 aromatic rings. The van der Waals surface area contributed by atoms with Gasteiger partial charge in [-0.1, -0.05) is 26.5 Å². The molecule has 240 valence electrons. The van der Waals surface area contributed by atoms with E-state index in [4.69, 9.17) is 0 Å². The molecule has 14 heteroatoms. The lowest BCUT2D eigenvalue weighted by atomic mass is 9.98. The molecule has 0 spiro atoms. The maximum atomic E-state index is 17.2. The van der Waals surface area contributed by atoms with Gasteiger partial charge in [-0.15, -0.1) is 0 Å². The van der Waals surface area contributed by atoms with Crippen molar-refractivity contribution in [3.63, 3.8) is 0 Å². The van der Waals surface area contributed by atoms with Gasteiger partial charge >= 0.3 is 5.69 Å². The van der Waals surface area contributed by atoms with E-state index in [1.807, 2.05) is 13.8 Å². The predicted octanol–water partition coefficient (Wildman–Crippen LogP) is 3.95. The molecule has 2 aromatic heterocycles. The Balaban J connectivity index is 1.84. The highest BCUT2D eigenvalue weighted by Gasteiger charge is 2.45. The minimum absolute atomic E-state index is 0.000818. The Morgan fingerprint density at radius 1 is 1.11 bits per heavy atom. The average Bonchev–Trinajstić information content (AvgIpc) is 3.07. The number of phenols is 2. The van der Waals surface area contributed by atoms with Crippen LogP contribution in [0.3, 0.4) is 0 Å². The van der Waals surface area contributed by atoms with Crippen LogP contribution in [-0.4, -0.2) is 74.9 Å². The molecule has 0 aliphatic carbocycles. The molecule has 1 saturated heterocycles. The summed E-state index contributed by atoms with van der Waals surface area (Å²) < 4.78 is 63.5. The fourth-order valence-electron chi connectivity index (χ4n) is 6.56. The van der Waals surface area contributed by atoms with Gasteiger partial charge in [0.05, 0.1) is 45.2 Å². The van der Waals surface area contributed by atoms with Crippen LogP contribution in [0.4, 0.5) is 14.6 Å². The van der Waals surface area contributed by atoms with Crippen molar-refractivity contribution in [1.82, 2.24) is 19.4 Å². The number of hydrogen-bond donors (Lipinski definition) is 2. The normalized spacial score (nSPS) is 18.8. The fraction of sp³-hybridized carbons (Fsp3) is 0.312. The number of aromatic nitrogens is 3. The van der Waals surface area contributed by atoms with Crippen LogP contribution in [0.5, 0.6) is 11.5 Å². The molecule has 2 unspecified atom stereocenters. The Morgan fingerprint density at radius 3 is 2.41 bits per heavy atom. The molecule has 1 amide bonds. The van der Waals surface area contributed by atoms with Gasteiger partial charge in [0.15, 0.2) is 21.5 Å². The number of anilines is 1. The van der Waals surface area contributed by atoms with E-state index >= 15 is 8.78 Å². The van der Waals surface area contributed by atoms with Crippen molar-refractivity contribution in [2.75, 3.05) is 23.7 Å². The van der Waals surface area contributed by atoms with Gasteiger partial charge in [-0.3, -0.25) is 14.3 Å². The van der Waals surface area contributed by atoms with Gasteiger partial charge in [0.1, 0.15) is 22.2 Å². The number of phenolic OH excluding ortho intramolecular Hbond substituents is 2. The van der Waals surface area contributed by atoms with Gasteiger partial charge in [-0.05, 0) is 49.6 Å². The minimum atomic E-state index is -4.66. The van der Waals surface area contributed by atoms with Crippen LogP contribution in [-0.2, 0) is 14.6 Å². The van der Waals surface area contributed by atoms with E-state index in [9.17, 15) is 28.2 Å². The summed E-state index contributed by atoms with van der Waals surface area (Å²) in [5, 5.41) is 20.9. The lowest BCUT2D eigenvalue weighted by molar-refractivity contribution is -0.128. The molecular formula is C32H31F2N5O6S. The number of piperazine rings is 1. The van der Waals surface area contributed by atoms with Crippen LogP contribution in [0.2, 0.25) is 0 Å². The summed E-state index contributed by atoms with van der Waals surface area (Å²) in [5.74, 6) is -6.09. The molecular weight excluding hydrogens is 620 g/mol. The number of carbonyl (C=O) groups is 1. The molecule has 1 fully saturated rings. The maximum Gasteiger partial charge on any atom is 0.354 e. The van der Waals surface area contributed by atoms with Crippen molar-refractivity contribution < 1.29 is 32.2 Å². The molecule has 4 heterocycles. The first-order valence-corrected chi connectivity index (χ1v) is 16.2. The van der Waals surface area contributed by atoms with Crippen molar-refractivity contribution in [2.45, 2.75) is 50.6 Å². The van der Waals surface area contributed by atoms with E-state index in [-0.39, 0.29) is 30.5 Å². The summed E-state index contributed by atoms with van der Waals surface area (Å²) in [6, 6.07) is 3.52. The van der Waals surface area contributed by atoms with E-state index < -0.39 is 89.3 Å². The monoisotopic (exact) mass is 651 g/mol. The SMILES string of the molecule is C=CC(=O)N1CC2CS(=O)(=O)c3c(F)c(-c4c(O)cccc4O)c(F)c4c3c(nc(=O)n4-c3c(C)ccnc3C(C)C)N2CC1C. The van der Waals surface area contributed by atoms with Gasteiger partial charge < -0.3 is 20.0 Å². The molecule has 6 rings (SSSR count). The highest BCUT2D eigenvalue weighted by atomic mass is 32.2. The zero-order valence-electron chi connectivity index (χ0n) is 25.5. The van der Waals surface area contributed by atoms with Gasteiger partial charge in [-0.25, -0.2) is 22.0 Å². The number of aromatic hydroxyl groups is 2. The molecule has 0 saturated carbocycles. The van der Waals surface area contributed by atoms with Crippen LogP contribution in [0.1, 0.15) is 37.9 Å². The Bertz CT molecular complexity index is 2130. The Hall–Kier alpha value is -4.85. The summed E-state index contributed by atoms with van der Waals surface area (Å²) in [6.45, 7) is 10.4. The second-order valence-corrected chi connectivity index (χ2v) is 13.9. The number of pyridine rings is 1. The van der Waals surface area contributed by atoms with Crippen LogP contribution in [0, 0.1) is 18.6 Å². The van der Waals surface area contributed by atoms with Crippen LogP contribution >= 0.6 is 0 Å². The number of halogens is 2. The summed E-state index contributed by atoms with van der Waals surface area (Å²) in [5.41, 5.74) is -2.32. The van der Waals surface area contributed by atoms with E-state index in [1.165, 1.54) is 22.1 Å². The number of carbonyl (C=O) groups excluding carboxylic acids is 1. The van der Waals surface area contributed by atoms with E-state index in [1.54, 1.807) is 19.9 Å². The van der Waals surface area contributed by atoms with Crippen molar-refractivity contribution in [2.24, 2.45) is 0 Å². The number of amides is 1. The second-order valence-electron chi connectivity index (χ2n) is 11.9. The molecule has 2 aliphatic rings. The summed E-state index contributed by atoms with van der Waals surface area (Å²) in [7, 11) is -4.66. The third-order valence-corrected chi connectivity index (χ3v) is 10.5. The summed E-state index contributed by atoms with van der Waals surface area (Å²) in [6.07, 6.45) is 2.62. The molecule has 11 nitrogen and oxygen atoms in total. The lowest BCUT2D eigenvalue weighted by Crippen LogP contribution is -2.60. The largest absolute Gasteiger partial charge is 0.507 e. The third-order valence-electron chi connectivity index (χ3n) is 8.64. The van der Waals surface area contributed by atoms with Crippen LogP contribution < -0.4 is 10.6 Å². The van der Waals surface area contributed by atoms with Crippen molar-refractivity contribution >= 4 is 32.5 Å². The summed E-state index contributed by atoms with van der Waals surface area (Å²) >= 11 is 0. The number of nitrogens with zero attached hydrogens (tertiary/aromatic N) is 5. The van der Waals surface area contributed by atoms with Crippen molar-refractivity contribution in [1.29, 1.82) is 0 Å². The van der Waals surface area contributed by atoms with Crippen molar-refractivity contribution in [3.05, 3.63) is 76.5 Å². The average molecular weight is 652 g/mol. The molecule has 46 heavy (non-hydrogen) atoms. The van der Waals surface area contributed by atoms with Gasteiger partial charge in [0.2, 0.25) is 5.91 Å². The Morgan fingerprint density at radius 2 is 1.78 bits per heavy atom. The topological polar surface area (TPSA) is 146 Å². The van der Waals surface area contributed by atoms with E-state index in [0.29, 0.717) is 11.3 Å². The molecule has 0 bridgehead atoms. The smallest absolute Gasteiger partial charge is 0.354 e. The zero-order valence-corrected chi connectivity index (χ0v) is 26.3. The number of rotatable bonds is 4. The molecule has 0 radical (unpaired) electrons. The van der Waals surface area contributed by atoms with E-state index in [0.717, 1.165) is 22.8 Å². The lowest BCUT2D eigenvalue weighted by Gasteiger charge is -2.44. The van der Waals surface area contributed by atoms with Gasteiger partial charge in [-0.2, -0.15) is 4.98 Å². The number of sulfone groups is 1. The highest BCUT2D eigenvalue weighted by molar-refractivity contribution is 7.91. The first kappa shape index (κ1) is 31.1.